The molecule has 2 saturated heterocycles. The number of hydrogen-bond acceptors (Lipinski definition) is 7. The van der Waals surface area contributed by atoms with Crippen molar-refractivity contribution in [3.05, 3.63) is 12.5 Å². The van der Waals surface area contributed by atoms with E-state index in [2.05, 4.69) is 29.5 Å². The molecule has 2 aliphatic heterocycles. The van der Waals surface area contributed by atoms with Gasteiger partial charge < -0.3 is 19.6 Å². The van der Waals surface area contributed by atoms with E-state index in [4.69, 9.17) is 9.84 Å². The zero-order chi connectivity index (χ0) is 17.8. The molecule has 2 fully saturated rings. The van der Waals surface area contributed by atoms with Gasteiger partial charge in [0.2, 0.25) is 0 Å². The van der Waals surface area contributed by atoms with E-state index in [1.165, 1.54) is 0 Å². The highest BCUT2D eigenvalue weighted by Gasteiger charge is 2.24. The van der Waals surface area contributed by atoms with Crippen molar-refractivity contribution < 1.29 is 9.84 Å². The van der Waals surface area contributed by atoms with Gasteiger partial charge in [-0.3, -0.25) is 0 Å². The van der Waals surface area contributed by atoms with E-state index in [1.54, 1.807) is 6.33 Å². The van der Waals surface area contributed by atoms with Gasteiger partial charge in [0.1, 0.15) is 12.1 Å². The van der Waals surface area contributed by atoms with Gasteiger partial charge in [0.25, 0.3) is 0 Å². The van der Waals surface area contributed by atoms with E-state index in [1.807, 2.05) is 6.20 Å². The molecule has 8 nitrogen and oxygen atoms in total. The molecule has 0 amide bonds. The summed E-state index contributed by atoms with van der Waals surface area (Å²) in [5, 5.41) is 14.6. The van der Waals surface area contributed by atoms with Crippen molar-refractivity contribution in [2.45, 2.75) is 31.7 Å². The summed E-state index contributed by atoms with van der Waals surface area (Å²) in [5.74, 6) is 0.978. The van der Waals surface area contributed by atoms with Crippen molar-refractivity contribution in [2.75, 3.05) is 57.4 Å². The number of morpholine rings is 1. The number of hydrogen-bond donors (Lipinski definition) is 1. The summed E-state index contributed by atoms with van der Waals surface area (Å²) in [5.41, 5.74) is 0.945. The number of piperidine rings is 1. The number of anilines is 1. The van der Waals surface area contributed by atoms with Crippen LogP contribution in [0.3, 0.4) is 0 Å². The summed E-state index contributed by atoms with van der Waals surface area (Å²) in [7, 11) is 0. The van der Waals surface area contributed by atoms with Crippen molar-refractivity contribution in [2.24, 2.45) is 0 Å². The van der Waals surface area contributed by atoms with Gasteiger partial charge in [-0.25, -0.2) is 14.6 Å². The molecule has 4 rings (SSSR count). The lowest BCUT2D eigenvalue weighted by Crippen LogP contribution is -2.37. The fourth-order valence-corrected chi connectivity index (χ4v) is 3.98. The number of aromatic nitrogens is 4. The molecular formula is C18H28N6O2. The van der Waals surface area contributed by atoms with Crippen LogP contribution in [0.2, 0.25) is 0 Å². The molecule has 8 heteroatoms. The van der Waals surface area contributed by atoms with Gasteiger partial charge >= 0.3 is 0 Å². The van der Waals surface area contributed by atoms with E-state index in [0.29, 0.717) is 12.6 Å². The highest BCUT2D eigenvalue weighted by atomic mass is 16.5. The first-order valence-corrected chi connectivity index (χ1v) is 9.71. The predicted molar refractivity (Wildman–Crippen MR) is 99.4 cm³/mol. The van der Waals surface area contributed by atoms with Crippen molar-refractivity contribution in [3.8, 4) is 0 Å². The summed E-state index contributed by atoms with van der Waals surface area (Å²) in [4.78, 5) is 13.8. The molecule has 142 valence electrons. The van der Waals surface area contributed by atoms with Crippen LogP contribution in [-0.4, -0.2) is 82.3 Å². The Kier molecular flexibility index (Phi) is 5.62. The lowest BCUT2D eigenvalue weighted by molar-refractivity contribution is 0.122. The smallest absolute Gasteiger partial charge is 0.163 e. The minimum absolute atomic E-state index is 0.293. The molecule has 0 saturated carbocycles. The Morgan fingerprint density at radius 3 is 2.65 bits per heavy atom. The fourth-order valence-electron chi connectivity index (χ4n) is 3.98. The first kappa shape index (κ1) is 17.6. The molecule has 2 aromatic heterocycles. The number of unbranched alkanes of at least 4 members (excludes halogenated alkanes) is 1. The second-order valence-electron chi connectivity index (χ2n) is 7.13. The van der Waals surface area contributed by atoms with Gasteiger partial charge in [-0.15, -0.1) is 0 Å². The maximum Gasteiger partial charge on any atom is 0.163 e. The Morgan fingerprint density at radius 1 is 1.08 bits per heavy atom. The average Bonchev–Trinajstić information content (AvgIpc) is 3.14. The molecule has 2 aliphatic rings. The van der Waals surface area contributed by atoms with Crippen LogP contribution in [0.1, 0.15) is 31.7 Å². The molecule has 0 bridgehead atoms. The molecule has 0 aromatic carbocycles. The molecule has 0 atom stereocenters. The van der Waals surface area contributed by atoms with Gasteiger partial charge in [-0.2, -0.15) is 5.10 Å². The monoisotopic (exact) mass is 360 g/mol. The minimum Gasteiger partial charge on any atom is -0.396 e. The number of aliphatic hydroxyl groups excluding tert-OH is 1. The van der Waals surface area contributed by atoms with E-state index in [0.717, 1.165) is 88.5 Å². The zero-order valence-corrected chi connectivity index (χ0v) is 15.3. The Balaban J connectivity index is 1.46. The van der Waals surface area contributed by atoms with Crippen LogP contribution < -0.4 is 4.90 Å². The summed E-state index contributed by atoms with van der Waals surface area (Å²) >= 11 is 0. The topological polar surface area (TPSA) is 79.5 Å². The first-order chi connectivity index (χ1) is 12.9. The van der Waals surface area contributed by atoms with E-state index in [9.17, 15) is 0 Å². The number of ether oxygens (including phenoxy) is 1. The summed E-state index contributed by atoms with van der Waals surface area (Å²) in [6.07, 6.45) is 7.73. The Labute approximate surface area is 153 Å². The molecule has 1 N–H and O–H groups in total. The van der Waals surface area contributed by atoms with Crippen molar-refractivity contribution in [3.63, 3.8) is 0 Å². The zero-order valence-electron chi connectivity index (χ0n) is 15.3. The molecule has 4 heterocycles. The lowest BCUT2D eigenvalue weighted by atomic mass is 10.0. The lowest BCUT2D eigenvalue weighted by Gasteiger charge is -2.32. The molecule has 0 unspecified atom stereocenters. The van der Waals surface area contributed by atoms with Crippen molar-refractivity contribution in [1.82, 2.24) is 24.6 Å². The number of aliphatic hydroxyl groups is 1. The van der Waals surface area contributed by atoms with Gasteiger partial charge in [0, 0.05) is 32.8 Å². The van der Waals surface area contributed by atoms with E-state index >= 15 is 0 Å². The van der Waals surface area contributed by atoms with Crippen LogP contribution in [0.4, 0.5) is 5.82 Å². The van der Waals surface area contributed by atoms with Crippen LogP contribution in [0.25, 0.3) is 11.0 Å². The molecule has 0 aliphatic carbocycles. The molecule has 0 spiro atoms. The van der Waals surface area contributed by atoms with Crippen LogP contribution in [-0.2, 0) is 4.74 Å². The summed E-state index contributed by atoms with van der Waals surface area (Å²) in [6.45, 7) is 6.75. The second kappa shape index (κ2) is 8.28. The SMILES string of the molecule is OCCCCN1CCC(n2ncc3c(N4CCOCC4)ncnc32)CC1. The largest absolute Gasteiger partial charge is 0.396 e. The predicted octanol–water partition coefficient (Wildman–Crippen LogP) is 1.07. The van der Waals surface area contributed by atoms with Gasteiger partial charge in [-0.05, 0) is 32.2 Å². The molecule has 2 aromatic rings. The fraction of sp³-hybridized carbons (Fsp3) is 0.722. The molecule has 0 radical (unpaired) electrons. The van der Waals surface area contributed by atoms with Crippen LogP contribution in [0, 0.1) is 0 Å². The molecular weight excluding hydrogens is 332 g/mol. The normalized spacial score (nSPS) is 20.1. The number of rotatable bonds is 6. The van der Waals surface area contributed by atoms with Crippen LogP contribution in [0.5, 0.6) is 0 Å². The van der Waals surface area contributed by atoms with Crippen molar-refractivity contribution >= 4 is 16.9 Å². The van der Waals surface area contributed by atoms with Crippen LogP contribution >= 0.6 is 0 Å². The maximum atomic E-state index is 8.93. The summed E-state index contributed by atoms with van der Waals surface area (Å²) < 4.78 is 7.56. The number of likely N-dealkylation sites (tertiary alicyclic amines) is 1. The standard InChI is InChI=1S/C18H28N6O2/c25-10-2-1-5-22-6-3-15(4-7-22)24-18-16(13-21-24)17(19-14-20-18)23-8-11-26-12-9-23/h13-15,25H,1-12H2. The Morgan fingerprint density at radius 2 is 1.88 bits per heavy atom. The average molecular weight is 360 g/mol. The number of nitrogens with zero attached hydrogens (tertiary/aromatic N) is 6. The minimum atomic E-state index is 0.293. The summed E-state index contributed by atoms with van der Waals surface area (Å²) in [6, 6.07) is 0.397. The Bertz CT molecular complexity index is 707. The third-order valence-corrected chi connectivity index (χ3v) is 5.47. The van der Waals surface area contributed by atoms with Crippen LogP contribution in [0.15, 0.2) is 12.5 Å². The highest BCUT2D eigenvalue weighted by molar-refractivity contribution is 5.86. The maximum absolute atomic E-state index is 8.93. The van der Waals surface area contributed by atoms with Gasteiger partial charge in [0.15, 0.2) is 5.65 Å². The first-order valence-electron chi connectivity index (χ1n) is 9.71. The third kappa shape index (κ3) is 3.67. The third-order valence-electron chi connectivity index (χ3n) is 5.47. The quantitative estimate of drug-likeness (QED) is 0.772. The number of fused-ring (bicyclic) bond motifs is 1. The van der Waals surface area contributed by atoms with Crippen molar-refractivity contribution in [1.29, 1.82) is 0 Å². The van der Waals surface area contributed by atoms with E-state index in [-0.39, 0.29) is 0 Å². The van der Waals surface area contributed by atoms with Gasteiger partial charge in [-0.1, -0.05) is 0 Å². The Hall–Kier alpha value is -1.77. The highest BCUT2D eigenvalue weighted by Crippen LogP contribution is 2.29. The van der Waals surface area contributed by atoms with Gasteiger partial charge in [0.05, 0.1) is 30.8 Å². The second-order valence-corrected chi connectivity index (χ2v) is 7.13. The molecule has 26 heavy (non-hydrogen) atoms. The van der Waals surface area contributed by atoms with E-state index < -0.39 is 0 Å².